The lowest BCUT2D eigenvalue weighted by atomic mass is 10.2. The zero-order chi connectivity index (χ0) is 14.3. The first-order valence-electron chi connectivity index (χ1n) is 5.99. The van der Waals surface area contributed by atoms with Crippen LogP contribution in [0, 0.1) is 6.92 Å². The summed E-state index contributed by atoms with van der Waals surface area (Å²) in [6.07, 6.45) is 0. The zero-order valence-corrected chi connectivity index (χ0v) is 11.3. The smallest absolute Gasteiger partial charge is 0.409 e. The minimum atomic E-state index is -0.713. The molecule has 0 N–H and O–H groups in total. The molecule has 100 valence electrons. The van der Waals surface area contributed by atoms with Crippen molar-refractivity contribution in [3.8, 4) is 5.69 Å². The van der Waals surface area contributed by atoms with Gasteiger partial charge < -0.3 is 4.42 Å². The highest BCUT2D eigenvalue weighted by molar-refractivity contribution is 6.30. The van der Waals surface area contributed by atoms with Gasteiger partial charge in [-0.1, -0.05) is 17.7 Å². The molecule has 2 aromatic carbocycles. The molecule has 0 unspecified atom stereocenters. The monoisotopic (exact) mass is 287 g/mol. The third kappa shape index (κ3) is 2.04. The molecule has 0 fully saturated rings. The van der Waals surface area contributed by atoms with Crippen molar-refractivity contribution in [3.05, 3.63) is 74.0 Å². The van der Waals surface area contributed by atoms with E-state index in [0.717, 1.165) is 10.1 Å². The molecule has 1 aromatic heterocycles. The maximum Gasteiger partial charge on any atom is 0.426 e. The summed E-state index contributed by atoms with van der Waals surface area (Å²) >= 11 is 5.80. The number of nitrogens with zero attached hydrogens (tertiary/aromatic N) is 1. The Morgan fingerprint density at radius 1 is 1.05 bits per heavy atom. The van der Waals surface area contributed by atoms with Crippen LogP contribution in [0.25, 0.3) is 16.7 Å². The molecule has 3 rings (SSSR count). The summed E-state index contributed by atoms with van der Waals surface area (Å²) in [6, 6.07) is 11.5. The lowest BCUT2D eigenvalue weighted by Gasteiger charge is -2.05. The maximum atomic E-state index is 12.4. The second-order valence-corrected chi connectivity index (χ2v) is 4.92. The topological polar surface area (TPSA) is 52.2 Å². The lowest BCUT2D eigenvalue weighted by molar-refractivity contribution is 0.503. The molecule has 5 heteroatoms. The SMILES string of the molecule is Cc1ccc2c(=O)n(-c3ccc(Cl)cc3)c(=O)oc2c1. The normalized spacial score (nSPS) is 10.9. The molecular weight excluding hydrogens is 278 g/mol. The van der Waals surface area contributed by atoms with Gasteiger partial charge in [-0.15, -0.1) is 0 Å². The molecule has 1 heterocycles. The van der Waals surface area contributed by atoms with Gasteiger partial charge in [0, 0.05) is 5.02 Å². The average Bonchev–Trinajstić information content (AvgIpc) is 2.40. The minimum absolute atomic E-state index is 0.296. The molecule has 3 aromatic rings. The second-order valence-electron chi connectivity index (χ2n) is 4.48. The summed E-state index contributed by atoms with van der Waals surface area (Å²) in [5.74, 6) is -0.713. The summed E-state index contributed by atoms with van der Waals surface area (Å²) < 4.78 is 6.21. The molecule has 0 saturated heterocycles. The summed E-state index contributed by atoms with van der Waals surface area (Å²) in [5, 5.41) is 0.896. The maximum absolute atomic E-state index is 12.4. The third-order valence-electron chi connectivity index (χ3n) is 3.04. The highest BCUT2D eigenvalue weighted by atomic mass is 35.5. The average molecular weight is 288 g/mol. The third-order valence-corrected chi connectivity index (χ3v) is 3.29. The van der Waals surface area contributed by atoms with E-state index in [-0.39, 0.29) is 0 Å². The van der Waals surface area contributed by atoms with E-state index in [2.05, 4.69) is 0 Å². The highest BCUT2D eigenvalue weighted by Crippen LogP contribution is 2.14. The van der Waals surface area contributed by atoms with Crippen LogP contribution in [-0.4, -0.2) is 4.57 Å². The Labute approximate surface area is 118 Å². The highest BCUT2D eigenvalue weighted by Gasteiger charge is 2.11. The number of benzene rings is 2. The Morgan fingerprint density at radius 2 is 1.75 bits per heavy atom. The van der Waals surface area contributed by atoms with Gasteiger partial charge >= 0.3 is 5.76 Å². The van der Waals surface area contributed by atoms with Crippen molar-refractivity contribution in [1.29, 1.82) is 0 Å². The second kappa shape index (κ2) is 4.65. The van der Waals surface area contributed by atoms with Gasteiger partial charge in [0.2, 0.25) is 0 Å². The number of halogens is 1. The van der Waals surface area contributed by atoms with Gasteiger partial charge in [0.15, 0.2) is 0 Å². The van der Waals surface area contributed by atoms with E-state index < -0.39 is 11.3 Å². The van der Waals surface area contributed by atoms with Crippen LogP contribution in [0.15, 0.2) is 56.5 Å². The molecule has 0 spiro atoms. The summed E-state index contributed by atoms with van der Waals surface area (Å²) in [4.78, 5) is 24.4. The van der Waals surface area contributed by atoms with Crippen molar-refractivity contribution in [3.63, 3.8) is 0 Å². The first-order chi connectivity index (χ1) is 9.56. The van der Waals surface area contributed by atoms with Crippen molar-refractivity contribution in [2.45, 2.75) is 6.92 Å². The van der Waals surface area contributed by atoms with Crippen molar-refractivity contribution in [2.75, 3.05) is 0 Å². The molecule has 0 aliphatic heterocycles. The quantitative estimate of drug-likeness (QED) is 0.691. The molecule has 0 amide bonds. The fraction of sp³-hybridized carbons (Fsp3) is 0.0667. The van der Waals surface area contributed by atoms with E-state index >= 15 is 0 Å². The van der Waals surface area contributed by atoms with Crippen LogP contribution >= 0.6 is 11.6 Å². The Hall–Kier alpha value is -2.33. The summed E-state index contributed by atoms with van der Waals surface area (Å²) in [7, 11) is 0. The van der Waals surface area contributed by atoms with Gasteiger partial charge in [-0.25, -0.2) is 9.36 Å². The van der Waals surface area contributed by atoms with Crippen LogP contribution in [-0.2, 0) is 0 Å². The Kier molecular flexibility index (Phi) is 2.95. The van der Waals surface area contributed by atoms with Crippen LogP contribution in [0.5, 0.6) is 0 Å². The van der Waals surface area contributed by atoms with Crippen LogP contribution in [0.4, 0.5) is 0 Å². The van der Waals surface area contributed by atoms with Crippen molar-refractivity contribution >= 4 is 22.6 Å². The van der Waals surface area contributed by atoms with Crippen LogP contribution in [0.2, 0.25) is 5.02 Å². The molecule has 4 nitrogen and oxygen atoms in total. The predicted molar refractivity (Wildman–Crippen MR) is 77.8 cm³/mol. The first kappa shape index (κ1) is 12.7. The minimum Gasteiger partial charge on any atom is -0.409 e. The molecule has 0 aliphatic rings. The van der Waals surface area contributed by atoms with E-state index in [0.29, 0.717) is 21.7 Å². The molecule has 0 atom stereocenters. The summed E-state index contributed by atoms with van der Waals surface area (Å²) in [6.45, 7) is 1.87. The Balaban J connectivity index is 2.37. The zero-order valence-electron chi connectivity index (χ0n) is 10.6. The van der Waals surface area contributed by atoms with Gasteiger partial charge in [0.1, 0.15) is 5.58 Å². The van der Waals surface area contributed by atoms with Gasteiger partial charge in [-0.2, -0.15) is 0 Å². The van der Waals surface area contributed by atoms with Gasteiger partial charge in [0.25, 0.3) is 5.56 Å². The molecular formula is C15H10ClNO3. The number of aromatic nitrogens is 1. The fourth-order valence-corrected chi connectivity index (χ4v) is 2.17. The van der Waals surface area contributed by atoms with Crippen LogP contribution in [0.1, 0.15) is 5.56 Å². The van der Waals surface area contributed by atoms with E-state index in [1.165, 1.54) is 0 Å². The Morgan fingerprint density at radius 3 is 2.45 bits per heavy atom. The largest absolute Gasteiger partial charge is 0.426 e. The number of hydrogen-bond acceptors (Lipinski definition) is 3. The summed E-state index contributed by atoms with van der Waals surface area (Å²) in [5.41, 5.74) is 1.24. The van der Waals surface area contributed by atoms with Crippen LogP contribution < -0.4 is 11.3 Å². The predicted octanol–water partition coefficient (Wildman–Crippen LogP) is 2.91. The van der Waals surface area contributed by atoms with E-state index in [1.54, 1.807) is 42.5 Å². The van der Waals surface area contributed by atoms with E-state index in [4.69, 9.17) is 16.0 Å². The standard InChI is InChI=1S/C15H10ClNO3/c1-9-2-7-12-13(8-9)20-15(19)17(14(12)18)11-5-3-10(16)4-6-11/h2-8H,1H3. The van der Waals surface area contributed by atoms with Crippen molar-refractivity contribution in [2.24, 2.45) is 0 Å². The Bertz CT molecular complexity index is 907. The molecule has 20 heavy (non-hydrogen) atoms. The van der Waals surface area contributed by atoms with Crippen molar-refractivity contribution in [1.82, 2.24) is 4.57 Å². The number of rotatable bonds is 1. The first-order valence-corrected chi connectivity index (χ1v) is 6.36. The van der Waals surface area contributed by atoms with E-state index in [9.17, 15) is 9.59 Å². The fourth-order valence-electron chi connectivity index (χ4n) is 2.05. The number of aryl methyl sites for hydroxylation is 1. The molecule has 0 saturated carbocycles. The van der Waals surface area contributed by atoms with Crippen LogP contribution in [0.3, 0.4) is 0 Å². The molecule has 0 aliphatic carbocycles. The molecule has 0 radical (unpaired) electrons. The van der Waals surface area contributed by atoms with Gasteiger partial charge in [0.05, 0.1) is 11.1 Å². The van der Waals surface area contributed by atoms with Gasteiger partial charge in [-0.05, 0) is 48.9 Å². The number of hydrogen-bond donors (Lipinski definition) is 0. The molecule has 0 bridgehead atoms. The van der Waals surface area contributed by atoms with Gasteiger partial charge in [-0.3, -0.25) is 4.79 Å². The van der Waals surface area contributed by atoms with Crippen molar-refractivity contribution < 1.29 is 4.42 Å². The van der Waals surface area contributed by atoms with E-state index in [1.807, 2.05) is 6.92 Å². The number of fused-ring (bicyclic) bond motifs is 1. The lowest BCUT2D eigenvalue weighted by Crippen LogP contribution is -2.30.